The van der Waals surface area contributed by atoms with E-state index < -0.39 is 0 Å². The minimum atomic E-state index is -0.187. The fraction of sp³-hybridized carbons (Fsp3) is 0.100. The number of pyridine rings is 1. The number of ketones is 1. The zero-order chi connectivity index (χ0) is 18.8. The predicted octanol–water partition coefficient (Wildman–Crippen LogP) is 3.37. The SMILES string of the molecule is CC(=O)Nc1cccc(C(=O)Cc2nc3cccc(-c4ccoc4)n3n2)c1. The van der Waals surface area contributed by atoms with Crippen molar-refractivity contribution < 1.29 is 14.0 Å². The zero-order valence-corrected chi connectivity index (χ0v) is 14.5. The fourth-order valence-corrected chi connectivity index (χ4v) is 2.87. The van der Waals surface area contributed by atoms with Crippen molar-refractivity contribution in [2.24, 2.45) is 0 Å². The lowest BCUT2D eigenvalue weighted by atomic mass is 10.1. The molecule has 4 rings (SSSR count). The van der Waals surface area contributed by atoms with Crippen molar-refractivity contribution in [1.82, 2.24) is 14.6 Å². The van der Waals surface area contributed by atoms with E-state index in [1.807, 2.05) is 24.3 Å². The Morgan fingerprint density at radius 2 is 2.00 bits per heavy atom. The highest BCUT2D eigenvalue weighted by Crippen LogP contribution is 2.21. The molecule has 0 radical (unpaired) electrons. The van der Waals surface area contributed by atoms with Gasteiger partial charge in [-0.2, -0.15) is 5.10 Å². The maximum Gasteiger partial charge on any atom is 0.221 e. The van der Waals surface area contributed by atoms with Crippen molar-refractivity contribution in [2.75, 3.05) is 5.32 Å². The van der Waals surface area contributed by atoms with E-state index >= 15 is 0 Å². The number of nitrogens with zero attached hydrogens (tertiary/aromatic N) is 3. The Balaban J connectivity index is 1.61. The van der Waals surface area contributed by atoms with E-state index in [1.54, 1.807) is 41.3 Å². The number of hydrogen-bond acceptors (Lipinski definition) is 5. The first kappa shape index (κ1) is 16.7. The molecule has 3 heterocycles. The van der Waals surface area contributed by atoms with Crippen LogP contribution in [0.25, 0.3) is 16.9 Å². The van der Waals surface area contributed by atoms with Crippen LogP contribution in [0.5, 0.6) is 0 Å². The van der Waals surface area contributed by atoms with Gasteiger partial charge in [0.25, 0.3) is 0 Å². The number of nitrogens with one attached hydrogen (secondary N) is 1. The number of rotatable bonds is 5. The summed E-state index contributed by atoms with van der Waals surface area (Å²) in [5.74, 6) is 0.122. The summed E-state index contributed by atoms with van der Waals surface area (Å²) in [5.41, 5.74) is 3.45. The first-order chi connectivity index (χ1) is 13.1. The van der Waals surface area contributed by atoms with Crippen LogP contribution in [0.1, 0.15) is 23.1 Å². The lowest BCUT2D eigenvalue weighted by Gasteiger charge is -2.04. The highest BCUT2D eigenvalue weighted by molar-refractivity contribution is 5.99. The molecule has 4 aromatic rings. The van der Waals surface area contributed by atoms with Crippen LogP contribution in [0.15, 0.2) is 65.5 Å². The molecule has 0 saturated carbocycles. The van der Waals surface area contributed by atoms with Crippen LogP contribution in [-0.2, 0) is 11.2 Å². The van der Waals surface area contributed by atoms with Crippen molar-refractivity contribution in [3.8, 4) is 11.3 Å². The average Bonchev–Trinajstić information content (AvgIpc) is 3.30. The third-order valence-electron chi connectivity index (χ3n) is 4.04. The number of fused-ring (bicyclic) bond motifs is 1. The van der Waals surface area contributed by atoms with E-state index in [4.69, 9.17) is 4.42 Å². The highest BCUT2D eigenvalue weighted by atomic mass is 16.3. The summed E-state index contributed by atoms with van der Waals surface area (Å²) in [7, 11) is 0. The van der Waals surface area contributed by atoms with Crippen molar-refractivity contribution >= 4 is 23.0 Å². The Morgan fingerprint density at radius 3 is 2.78 bits per heavy atom. The summed E-state index contributed by atoms with van der Waals surface area (Å²) in [5, 5.41) is 7.15. The van der Waals surface area contributed by atoms with Gasteiger partial charge < -0.3 is 9.73 Å². The van der Waals surface area contributed by atoms with Crippen molar-refractivity contribution in [1.29, 1.82) is 0 Å². The fourth-order valence-electron chi connectivity index (χ4n) is 2.87. The molecule has 7 heteroatoms. The first-order valence-corrected chi connectivity index (χ1v) is 8.38. The van der Waals surface area contributed by atoms with Gasteiger partial charge in [0.2, 0.25) is 5.91 Å². The number of hydrogen-bond donors (Lipinski definition) is 1. The van der Waals surface area contributed by atoms with Crippen LogP contribution < -0.4 is 5.32 Å². The van der Waals surface area contributed by atoms with Gasteiger partial charge in [-0.15, -0.1) is 0 Å². The lowest BCUT2D eigenvalue weighted by Crippen LogP contribution is -2.09. The molecule has 1 N–H and O–H groups in total. The second-order valence-corrected chi connectivity index (χ2v) is 6.08. The number of Topliss-reactive ketones (excluding diaryl/α,β-unsaturated/α-hetero) is 1. The average molecular weight is 360 g/mol. The number of furan rings is 1. The van der Waals surface area contributed by atoms with Gasteiger partial charge in [0.05, 0.1) is 24.6 Å². The third kappa shape index (κ3) is 3.48. The first-order valence-electron chi connectivity index (χ1n) is 8.38. The monoisotopic (exact) mass is 360 g/mol. The van der Waals surface area contributed by atoms with Crippen LogP contribution in [-0.4, -0.2) is 26.3 Å². The summed E-state index contributed by atoms with van der Waals surface area (Å²) in [6, 6.07) is 14.3. The topological polar surface area (TPSA) is 89.5 Å². The van der Waals surface area contributed by atoms with Crippen LogP contribution in [0.4, 0.5) is 5.69 Å². The molecule has 134 valence electrons. The normalized spacial score (nSPS) is 10.9. The highest BCUT2D eigenvalue weighted by Gasteiger charge is 2.14. The molecule has 1 amide bonds. The molecule has 0 aliphatic carbocycles. The van der Waals surface area contributed by atoms with E-state index in [0.717, 1.165) is 11.3 Å². The minimum absolute atomic E-state index is 0.0655. The van der Waals surface area contributed by atoms with Crippen LogP contribution in [0.2, 0.25) is 0 Å². The number of amides is 1. The Bertz CT molecular complexity index is 1130. The van der Waals surface area contributed by atoms with E-state index in [0.29, 0.717) is 22.7 Å². The van der Waals surface area contributed by atoms with Crippen LogP contribution in [0, 0.1) is 0 Å². The second kappa shape index (κ2) is 6.87. The molecule has 0 spiro atoms. The molecule has 0 unspecified atom stereocenters. The Morgan fingerprint density at radius 1 is 1.15 bits per heavy atom. The molecular weight excluding hydrogens is 344 g/mol. The number of aromatic nitrogens is 3. The summed E-state index contributed by atoms with van der Waals surface area (Å²) < 4.78 is 6.84. The molecular formula is C20H16N4O3. The molecule has 0 aliphatic heterocycles. The molecule has 7 nitrogen and oxygen atoms in total. The van der Waals surface area contributed by atoms with E-state index in [1.165, 1.54) is 6.92 Å². The number of benzene rings is 1. The molecule has 0 fully saturated rings. The standard InChI is InChI=1S/C20H16N4O3/c1-13(25)21-16-5-2-4-14(10-16)18(26)11-19-22-20-7-3-6-17(24(20)23-19)15-8-9-27-12-15/h2-10,12H,11H2,1H3,(H,21,25). The van der Waals surface area contributed by atoms with Crippen molar-refractivity contribution in [2.45, 2.75) is 13.3 Å². The summed E-state index contributed by atoms with van der Waals surface area (Å²) in [6.45, 7) is 1.42. The minimum Gasteiger partial charge on any atom is -0.472 e. The Labute approximate surface area is 154 Å². The van der Waals surface area contributed by atoms with E-state index in [9.17, 15) is 9.59 Å². The van der Waals surface area contributed by atoms with E-state index in [-0.39, 0.29) is 18.1 Å². The number of carbonyl (C=O) groups excluding carboxylic acids is 2. The third-order valence-corrected chi connectivity index (χ3v) is 4.04. The van der Waals surface area contributed by atoms with Gasteiger partial charge in [0, 0.05) is 23.7 Å². The van der Waals surface area contributed by atoms with Crippen LogP contribution >= 0.6 is 0 Å². The quantitative estimate of drug-likeness (QED) is 0.551. The molecule has 1 aromatic carbocycles. The molecule has 0 atom stereocenters. The van der Waals surface area contributed by atoms with Crippen molar-refractivity contribution in [3.05, 3.63) is 72.4 Å². The van der Waals surface area contributed by atoms with Gasteiger partial charge in [-0.3, -0.25) is 9.59 Å². The molecule has 0 saturated heterocycles. The largest absolute Gasteiger partial charge is 0.472 e. The summed E-state index contributed by atoms with van der Waals surface area (Å²) >= 11 is 0. The predicted molar refractivity (Wildman–Crippen MR) is 99.5 cm³/mol. The zero-order valence-electron chi connectivity index (χ0n) is 14.5. The van der Waals surface area contributed by atoms with Gasteiger partial charge >= 0.3 is 0 Å². The number of carbonyl (C=O) groups is 2. The maximum absolute atomic E-state index is 12.6. The van der Waals surface area contributed by atoms with Gasteiger partial charge in [0.1, 0.15) is 0 Å². The summed E-state index contributed by atoms with van der Waals surface area (Å²) in [6.07, 6.45) is 3.29. The summed E-state index contributed by atoms with van der Waals surface area (Å²) in [4.78, 5) is 28.3. The second-order valence-electron chi connectivity index (χ2n) is 6.08. The molecule has 27 heavy (non-hydrogen) atoms. The Kier molecular flexibility index (Phi) is 4.25. The Hall–Kier alpha value is -3.74. The van der Waals surface area contributed by atoms with Crippen molar-refractivity contribution in [3.63, 3.8) is 0 Å². The lowest BCUT2D eigenvalue weighted by molar-refractivity contribution is -0.114. The number of anilines is 1. The van der Waals surface area contributed by atoms with Gasteiger partial charge in [-0.1, -0.05) is 18.2 Å². The molecule has 0 aliphatic rings. The van der Waals surface area contributed by atoms with Gasteiger partial charge in [-0.25, -0.2) is 9.50 Å². The van der Waals surface area contributed by atoms with Crippen LogP contribution in [0.3, 0.4) is 0 Å². The maximum atomic E-state index is 12.6. The molecule has 3 aromatic heterocycles. The van der Waals surface area contributed by atoms with Gasteiger partial charge in [-0.05, 0) is 30.3 Å². The smallest absolute Gasteiger partial charge is 0.221 e. The molecule has 0 bridgehead atoms. The van der Waals surface area contributed by atoms with Gasteiger partial charge in [0.15, 0.2) is 17.3 Å². The van der Waals surface area contributed by atoms with E-state index in [2.05, 4.69) is 15.4 Å².